The monoisotopic (exact) mass is 303 g/mol. The van der Waals surface area contributed by atoms with Crippen molar-refractivity contribution < 1.29 is 9.53 Å². The average molecular weight is 304 g/mol. The Labute approximate surface area is 108 Å². The van der Waals surface area contributed by atoms with Crippen molar-refractivity contribution in [3.8, 4) is 0 Å². The van der Waals surface area contributed by atoms with Gasteiger partial charge in [-0.05, 0) is 48.0 Å². The summed E-state index contributed by atoms with van der Waals surface area (Å²) < 4.78 is 5.93. The van der Waals surface area contributed by atoms with E-state index in [1.807, 2.05) is 19.2 Å². The van der Waals surface area contributed by atoms with Crippen molar-refractivity contribution in [2.45, 2.75) is 24.9 Å². The van der Waals surface area contributed by atoms with Crippen molar-refractivity contribution >= 4 is 33.2 Å². The minimum Gasteiger partial charge on any atom is -0.468 e. The third-order valence-corrected chi connectivity index (χ3v) is 4.49. The number of nitrogens with zero attached hydrogens (tertiary/aromatic N) is 1. The van der Waals surface area contributed by atoms with Gasteiger partial charge in [-0.25, -0.2) is 4.79 Å². The highest BCUT2D eigenvalue weighted by molar-refractivity contribution is 9.11. The second-order valence-electron chi connectivity index (χ2n) is 3.96. The van der Waals surface area contributed by atoms with E-state index in [9.17, 15) is 4.79 Å². The lowest BCUT2D eigenvalue weighted by atomic mass is 10.2. The van der Waals surface area contributed by atoms with Gasteiger partial charge in [0.2, 0.25) is 0 Å². The van der Waals surface area contributed by atoms with Gasteiger partial charge in [-0.3, -0.25) is 4.90 Å². The zero-order valence-corrected chi connectivity index (χ0v) is 11.7. The molecule has 0 aromatic carbocycles. The van der Waals surface area contributed by atoms with Gasteiger partial charge >= 0.3 is 5.97 Å². The van der Waals surface area contributed by atoms with Crippen molar-refractivity contribution in [2.24, 2.45) is 0 Å². The van der Waals surface area contributed by atoms with Crippen molar-refractivity contribution in [1.29, 1.82) is 0 Å². The number of esters is 1. The number of thiophene rings is 1. The van der Waals surface area contributed by atoms with Gasteiger partial charge in [-0.2, -0.15) is 0 Å². The van der Waals surface area contributed by atoms with Gasteiger partial charge in [-0.1, -0.05) is 0 Å². The van der Waals surface area contributed by atoms with E-state index in [4.69, 9.17) is 4.74 Å². The molecule has 1 unspecified atom stereocenters. The van der Waals surface area contributed by atoms with Crippen LogP contribution in [0, 0.1) is 0 Å². The molecule has 0 aliphatic heterocycles. The SMILES string of the molecule is COC(=O)C(c1ccc(Br)s1)N(C)C1CC1. The van der Waals surface area contributed by atoms with Crippen molar-refractivity contribution in [1.82, 2.24) is 4.90 Å². The second kappa shape index (κ2) is 4.85. The van der Waals surface area contributed by atoms with Gasteiger partial charge in [0.1, 0.15) is 6.04 Å². The number of carbonyl (C=O) groups excluding carboxylic acids is 1. The van der Waals surface area contributed by atoms with Crippen LogP contribution in [0.1, 0.15) is 23.8 Å². The quantitative estimate of drug-likeness (QED) is 0.801. The Bertz CT molecular complexity index is 389. The fourth-order valence-corrected chi connectivity index (χ4v) is 3.33. The van der Waals surface area contributed by atoms with Gasteiger partial charge < -0.3 is 4.74 Å². The summed E-state index contributed by atoms with van der Waals surface area (Å²) in [4.78, 5) is 15.0. The van der Waals surface area contributed by atoms with Gasteiger partial charge in [-0.15, -0.1) is 11.3 Å². The van der Waals surface area contributed by atoms with Crippen molar-refractivity contribution in [3.05, 3.63) is 20.8 Å². The summed E-state index contributed by atoms with van der Waals surface area (Å²) in [6.45, 7) is 0. The van der Waals surface area contributed by atoms with Crippen LogP contribution in [0.25, 0.3) is 0 Å². The summed E-state index contributed by atoms with van der Waals surface area (Å²) in [7, 11) is 3.44. The Morgan fingerprint density at radius 3 is 2.75 bits per heavy atom. The van der Waals surface area contributed by atoms with Crippen LogP contribution in [-0.2, 0) is 9.53 Å². The summed E-state index contributed by atoms with van der Waals surface area (Å²) in [6, 6.07) is 4.23. The van der Waals surface area contributed by atoms with E-state index in [2.05, 4.69) is 20.8 Å². The molecular weight excluding hydrogens is 290 g/mol. The van der Waals surface area contributed by atoms with E-state index in [1.54, 1.807) is 11.3 Å². The minimum atomic E-state index is -0.256. The van der Waals surface area contributed by atoms with Crippen LogP contribution >= 0.6 is 27.3 Å². The van der Waals surface area contributed by atoms with E-state index in [1.165, 1.54) is 20.0 Å². The second-order valence-corrected chi connectivity index (χ2v) is 6.46. The summed E-state index contributed by atoms with van der Waals surface area (Å²) in [6.07, 6.45) is 2.35. The maximum absolute atomic E-state index is 11.8. The predicted molar refractivity (Wildman–Crippen MR) is 67.6 cm³/mol. The zero-order chi connectivity index (χ0) is 11.7. The number of hydrogen-bond acceptors (Lipinski definition) is 4. The number of methoxy groups -OCH3 is 1. The Hall–Kier alpha value is -0.390. The molecule has 1 aliphatic rings. The molecule has 3 nitrogen and oxygen atoms in total. The first-order chi connectivity index (χ1) is 7.63. The van der Waals surface area contributed by atoms with E-state index >= 15 is 0 Å². The molecule has 0 amide bonds. The molecule has 2 rings (SSSR count). The maximum Gasteiger partial charge on any atom is 0.328 e. The highest BCUT2D eigenvalue weighted by Crippen LogP contribution is 2.37. The molecule has 0 bridgehead atoms. The first kappa shape index (κ1) is 12.1. The van der Waals surface area contributed by atoms with Crippen LogP contribution in [0.2, 0.25) is 0 Å². The maximum atomic E-state index is 11.8. The molecule has 1 atom stereocenters. The van der Waals surface area contributed by atoms with Crippen LogP contribution in [-0.4, -0.2) is 31.1 Å². The summed E-state index contributed by atoms with van der Waals surface area (Å²) >= 11 is 5.01. The van der Waals surface area contributed by atoms with Gasteiger partial charge in [0.05, 0.1) is 10.9 Å². The van der Waals surface area contributed by atoms with Gasteiger partial charge in [0.15, 0.2) is 0 Å². The van der Waals surface area contributed by atoms with E-state index in [-0.39, 0.29) is 12.0 Å². The van der Waals surface area contributed by atoms with Gasteiger partial charge in [0, 0.05) is 10.9 Å². The Morgan fingerprint density at radius 2 is 2.31 bits per heavy atom. The van der Waals surface area contributed by atoms with Crippen LogP contribution in [0.15, 0.2) is 15.9 Å². The van der Waals surface area contributed by atoms with Crippen LogP contribution in [0.4, 0.5) is 0 Å². The van der Waals surface area contributed by atoms with Crippen LogP contribution in [0.5, 0.6) is 0 Å². The van der Waals surface area contributed by atoms with Crippen molar-refractivity contribution in [2.75, 3.05) is 14.2 Å². The number of carbonyl (C=O) groups is 1. The molecule has 5 heteroatoms. The highest BCUT2D eigenvalue weighted by Gasteiger charge is 2.36. The fraction of sp³-hybridized carbons (Fsp3) is 0.545. The fourth-order valence-electron chi connectivity index (χ4n) is 1.76. The van der Waals surface area contributed by atoms with Crippen LogP contribution < -0.4 is 0 Å². The molecule has 1 fully saturated rings. The Kier molecular flexibility index (Phi) is 3.66. The number of rotatable bonds is 4. The molecule has 0 saturated heterocycles. The van der Waals surface area contributed by atoms with E-state index < -0.39 is 0 Å². The van der Waals surface area contributed by atoms with E-state index in [0.29, 0.717) is 6.04 Å². The minimum absolute atomic E-state index is 0.177. The molecule has 1 heterocycles. The molecule has 0 radical (unpaired) electrons. The first-order valence-electron chi connectivity index (χ1n) is 5.18. The molecular formula is C11H14BrNO2S. The number of hydrogen-bond donors (Lipinski definition) is 0. The lowest BCUT2D eigenvalue weighted by molar-refractivity contribution is -0.146. The highest BCUT2D eigenvalue weighted by atomic mass is 79.9. The standard InChI is InChI=1S/C11H14BrNO2S/c1-13(7-3-4-7)10(11(14)15-2)8-5-6-9(12)16-8/h5-7,10H,3-4H2,1-2H3. The Morgan fingerprint density at radius 1 is 1.62 bits per heavy atom. The smallest absolute Gasteiger partial charge is 0.328 e. The normalized spacial score (nSPS) is 17.5. The first-order valence-corrected chi connectivity index (χ1v) is 6.79. The number of halogens is 1. The lowest BCUT2D eigenvalue weighted by Gasteiger charge is -2.24. The molecule has 0 N–H and O–H groups in total. The zero-order valence-electron chi connectivity index (χ0n) is 9.27. The van der Waals surface area contributed by atoms with Gasteiger partial charge in [0.25, 0.3) is 0 Å². The molecule has 0 spiro atoms. The number of ether oxygens (including phenoxy) is 1. The third kappa shape index (κ3) is 2.47. The van der Waals surface area contributed by atoms with Crippen LogP contribution in [0.3, 0.4) is 0 Å². The molecule has 1 aromatic rings. The molecule has 16 heavy (non-hydrogen) atoms. The third-order valence-electron chi connectivity index (χ3n) is 2.82. The largest absolute Gasteiger partial charge is 0.468 e. The molecule has 1 aromatic heterocycles. The van der Waals surface area contributed by atoms with E-state index in [0.717, 1.165) is 8.66 Å². The molecule has 88 valence electrons. The summed E-state index contributed by atoms with van der Waals surface area (Å²) in [5, 5.41) is 0. The molecule has 1 aliphatic carbocycles. The summed E-state index contributed by atoms with van der Waals surface area (Å²) in [5.41, 5.74) is 0. The lowest BCUT2D eigenvalue weighted by Crippen LogP contribution is -2.32. The summed E-state index contributed by atoms with van der Waals surface area (Å²) in [5.74, 6) is -0.177. The predicted octanol–water partition coefficient (Wildman–Crippen LogP) is 2.82. The average Bonchev–Trinajstić information content (AvgIpc) is 3.03. The molecule has 1 saturated carbocycles. The number of likely N-dealkylation sites (N-methyl/N-ethyl adjacent to an activating group) is 1. The Balaban J connectivity index is 2.22. The topological polar surface area (TPSA) is 29.5 Å². The van der Waals surface area contributed by atoms with Crippen molar-refractivity contribution in [3.63, 3.8) is 0 Å².